The summed E-state index contributed by atoms with van der Waals surface area (Å²) in [6, 6.07) is 9.20. The number of carbonyl (C=O) groups excluding carboxylic acids is 1. The zero-order valence-corrected chi connectivity index (χ0v) is 17.0. The number of guanidine groups is 1. The fraction of sp³-hybridized carbons (Fsp3) is 0.353. The molecule has 0 aliphatic rings. The summed E-state index contributed by atoms with van der Waals surface area (Å²) in [5, 5.41) is 10.6. The summed E-state index contributed by atoms with van der Waals surface area (Å²) in [6.45, 7) is 3.96. The molecular weight excluding hydrogens is 433 g/mol. The molecule has 1 aromatic carbocycles. The molecule has 0 aliphatic heterocycles. The lowest BCUT2D eigenvalue weighted by Crippen LogP contribution is -2.37. The molecule has 0 saturated heterocycles. The molecule has 25 heavy (non-hydrogen) atoms. The highest BCUT2D eigenvalue weighted by molar-refractivity contribution is 14.0. The van der Waals surface area contributed by atoms with Crippen LogP contribution in [0.2, 0.25) is 0 Å². The van der Waals surface area contributed by atoms with Crippen LogP contribution in [0.4, 0.5) is 0 Å². The van der Waals surface area contributed by atoms with E-state index in [4.69, 9.17) is 0 Å². The number of hydrogen-bond donors (Lipinski definition) is 2. The number of carbonyl (C=O) groups is 1. The Balaban J connectivity index is 0.00000312. The Morgan fingerprint density at radius 3 is 2.52 bits per heavy atom. The molecule has 2 rings (SSSR count). The number of halogens is 1. The topological polar surface area (TPSA) is 80.5 Å². The molecule has 2 N–H and O–H groups in total. The van der Waals surface area contributed by atoms with Crippen molar-refractivity contribution in [3.05, 3.63) is 53.3 Å². The normalized spacial score (nSPS) is 10.8. The van der Waals surface area contributed by atoms with Gasteiger partial charge in [-0.05, 0) is 30.7 Å². The molecule has 0 spiro atoms. The molecule has 0 fully saturated rings. The molecule has 0 bridgehead atoms. The van der Waals surface area contributed by atoms with Crippen LogP contribution in [0.5, 0.6) is 0 Å². The zero-order valence-electron chi connectivity index (χ0n) is 14.7. The lowest BCUT2D eigenvalue weighted by Gasteiger charge is -2.11. The number of aryl methyl sites for hydroxylation is 1. The molecule has 8 heteroatoms. The molecule has 0 saturated carbocycles. The maximum atomic E-state index is 11.4. The predicted molar refractivity (Wildman–Crippen MR) is 108 cm³/mol. The van der Waals surface area contributed by atoms with E-state index in [0.717, 1.165) is 23.8 Å². The predicted octanol–water partition coefficient (Wildman–Crippen LogP) is 2.08. The number of aliphatic imine (C=N–C) groups is 1. The molecular formula is C17H24IN5O2. The standard InChI is InChI=1S/C17H23N5O2.HI/c1-4-18-17(20-12-15-9-10-21-22(15)2)19-11-13-5-7-14(8-6-13)16(23)24-3;/h5-10H,4,11-12H2,1-3H3,(H2,18,19,20);1H. The quantitative estimate of drug-likeness (QED) is 0.301. The van der Waals surface area contributed by atoms with Crippen LogP contribution in [-0.2, 0) is 24.9 Å². The molecule has 7 nitrogen and oxygen atoms in total. The minimum absolute atomic E-state index is 0. The average molecular weight is 457 g/mol. The maximum absolute atomic E-state index is 11.4. The number of rotatable bonds is 6. The molecule has 0 radical (unpaired) electrons. The summed E-state index contributed by atoms with van der Waals surface area (Å²) >= 11 is 0. The molecule has 0 atom stereocenters. The largest absolute Gasteiger partial charge is 0.465 e. The number of nitrogens with zero attached hydrogens (tertiary/aromatic N) is 3. The Bertz CT molecular complexity index is 697. The minimum Gasteiger partial charge on any atom is -0.465 e. The summed E-state index contributed by atoms with van der Waals surface area (Å²) in [5.74, 6) is 0.395. The van der Waals surface area contributed by atoms with Gasteiger partial charge in [-0.1, -0.05) is 12.1 Å². The van der Waals surface area contributed by atoms with Crippen molar-refractivity contribution in [3.8, 4) is 0 Å². The van der Waals surface area contributed by atoms with Crippen molar-refractivity contribution in [3.63, 3.8) is 0 Å². The number of aromatic nitrogens is 2. The van der Waals surface area contributed by atoms with Gasteiger partial charge in [0.25, 0.3) is 0 Å². The average Bonchev–Trinajstić information content (AvgIpc) is 3.02. The van der Waals surface area contributed by atoms with Gasteiger partial charge in [0.15, 0.2) is 5.96 Å². The Morgan fingerprint density at radius 2 is 1.96 bits per heavy atom. The summed E-state index contributed by atoms with van der Waals surface area (Å²) in [4.78, 5) is 16.0. The van der Waals surface area contributed by atoms with Gasteiger partial charge in [0.1, 0.15) is 0 Å². The van der Waals surface area contributed by atoms with Crippen LogP contribution >= 0.6 is 24.0 Å². The van der Waals surface area contributed by atoms with Crippen LogP contribution in [0.25, 0.3) is 0 Å². The van der Waals surface area contributed by atoms with E-state index in [1.54, 1.807) is 18.3 Å². The van der Waals surface area contributed by atoms with Crippen LogP contribution in [0.1, 0.15) is 28.5 Å². The van der Waals surface area contributed by atoms with Crippen molar-refractivity contribution in [2.45, 2.75) is 20.0 Å². The third kappa shape index (κ3) is 6.37. The smallest absolute Gasteiger partial charge is 0.337 e. The van der Waals surface area contributed by atoms with Crippen LogP contribution < -0.4 is 10.6 Å². The monoisotopic (exact) mass is 457 g/mol. The second-order valence-electron chi connectivity index (χ2n) is 5.18. The van der Waals surface area contributed by atoms with E-state index >= 15 is 0 Å². The van der Waals surface area contributed by atoms with E-state index in [0.29, 0.717) is 18.7 Å². The Hall–Kier alpha value is -2.10. The third-order valence-electron chi connectivity index (χ3n) is 3.50. The first-order chi connectivity index (χ1) is 11.6. The fourth-order valence-corrected chi connectivity index (χ4v) is 2.13. The second-order valence-corrected chi connectivity index (χ2v) is 5.18. The van der Waals surface area contributed by atoms with Crippen molar-refractivity contribution in [1.29, 1.82) is 0 Å². The van der Waals surface area contributed by atoms with Crippen LogP contribution in [0.3, 0.4) is 0 Å². The Labute approximate surface area is 164 Å². The highest BCUT2D eigenvalue weighted by Gasteiger charge is 2.05. The van der Waals surface area contributed by atoms with Crippen molar-refractivity contribution >= 4 is 35.9 Å². The summed E-state index contributed by atoms with van der Waals surface area (Å²) in [6.07, 6.45) is 1.77. The first-order valence-corrected chi connectivity index (χ1v) is 7.80. The van der Waals surface area contributed by atoms with E-state index in [9.17, 15) is 4.79 Å². The fourth-order valence-electron chi connectivity index (χ4n) is 2.13. The molecule has 2 aromatic rings. The van der Waals surface area contributed by atoms with Crippen LogP contribution in [-0.4, -0.2) is 35.4 Å². The first kappa shape index (κ1) is 20.9. The van der Waals surface area contributed by atoms with Crippen molar-refractivity contribution < 1.29 is 9.53 Å². The van der Waals surface area contributed by atoms with E-state index < -0.39 is 0 Å². The number of nitrogens with one attached hydrogen (secondary N) is 2. The number of benzene rings is 1. The van der Waals surface area contributed by atoms with Gasteiger partial charge in [0, 0.05) is 19.8 Å². The number of ether oxygens (including phenoxy) is 1. The number of hydrogen-bond acceptors (Lipinski definition) is 4. The van der Waals surface area contributed by atoms with Gasteiger partial charge in [0.05, 0.1) is 31.5 Å². The summed E-state index contributed by atoms with van der Waals surface area (Å²) in [5.41, 5.74) is 2.62. The van der Waals surface area contributed by atoms with E-state index in [-0.39, 0.29) is 29.9 Å². The SMILES string of the molecule is CCNC(=NCc1ccc(C(=O)OC)cc1)NCc1ccnn1C.I. The van der Waals surface area contributed by atoms with Crippen molar-refractivity contribution in [2.24, 2.45) is 12.0 Å². The minimum atomic E-state index is -0.337. The molecule has 0 unspecified atom stereocenters. The van der Waals surface area contributed by atoms with Gasteiger partial charge in [-0.2, -0.15) is 5.10 Å². The lowest BCUT2D eigenvalue weighted by atomic mass is 10.1. The van der Waals surface area contributed by atoms with E-state index in [1.165, 1.54) is 7.11 Å². The van der Waals surface area contributed by atoms with Crippen LogP contribution in [0, 0.1) is 0 Å². The van der Waals surface area contributed by atoms with E-state index in [1.807, 2.05) is 36.9 Å². The van der Waals surface area contributed by atoms with Crippen LogP contribution in [0.15, 0.2) is 41.5 Å². The van der Waals surface area contributed by atoms with Gasteiger partial charge >= 0.3 is 5.97 Å². The highest BCUT2D eigenvalue weighted by atomic mass is 127. The van der Waals surface area contributed by atoms with Gasteiger partial charge in [-0.3, -0.25) is 4.68 Å². The third-order valence-corrected chi connectivity index (χ3v) is 3.50. The van der Waals surface area contributed by atoms with E-state index in [2.05, 4.69) is 25.5 Å². The molecule has 136 valence electrons. The number of methoxy groups -OCH3 is 1. The van der Waals surface area contributed by atoms with Gasteiger partial charge in [-0.25, -0.2) is 9.79 Å². The molecule has 1 aromatic heterocycles. The zero-order chi connectivity index (χ0) is 17.4. The lowest BCUT2D eigenvalue weighted by molar-refractivity contribution is 0.0600. The Kier molecular flexibility index (Phi) is 8.96. The molecule has 1 heterocycles. The maximum Gasteiger partial charge on any atom is 0.337 e. The molecule has 0 amide bonds. The van der Waals surface area contributed by atoms with Crippen molar-refractivity contribution in [2.75, 3.05) is 13.7 Å². The summed E-state index contributed by atoms with van der Waals surface area (Å²) < 4.78 is 6.51. The number of esters is 1. The van der Waals surface area contributed by atoms with Gasteiger partial charge in [-0.15, -0.1) is 24.0 Å². The second kappa shape index (κ2) is 10.7. The first-order valence-electron chi connectivity index (χ1n) is 7.80. The van der Waals surface area contributed by atoms with Gasteiger partial charge in [0.2, 0.25) is 0 Å². The van der Waals surface area contributed by atoms with Crippen molar-refractivity contribution in [1.82, 2.24) is 20.4 Å². The van der Waals surface area contributed by atoms with Gasteiger partial charge < -0.3 is 15.4 Å². The highest BCUT2D eigenvalue weighted by Crippen LogP contribution is 2.07. The molecule has 0 aliphatic carbocycles. The Morgan fingerprint density at radius 1 is 1.24 bits per heavy atom. The summed E-state index contributed by atoms with van der Waals surface area (Å²) in [7, 11) is 3.28.